The van der Waals surface area contributed by atoms with Crippen LogP contribution in [0.15, 0.2) is 12.1 Å². The second-order valence-electron chi connectivity index (χ2n) is 5.68. The number of esters is 1. The molecule has 0 saturated carbocycles. The number of halogens is 3. The van der Waals surface area contributed by atoms with Crippen LogP contribution in [0.4, 0.5) is 18.9 Å². The highest BCUT2D eigenvalue weighted by Gasteiger charge is 2.29. The monoisotopic (exact) mass is 411 g/mol. The molecule has 0 aliphatic carbocycles. The summed E-state index contributed by atoms with van der Waals surface area (Å²) in [4.78, 5) is 23.6. The normalized spacial score (nSPS) is 19.8. The van der Waals surface area contributed by atoms with Crippen LogP contribution in [0, 0.1) is 17.5 Å². The summed E-state index contributed by atoms with van der Waals surface area (Å²) in [5, 5.41) is 1.81. The lowest BCUT2D eigenvalue weighted by molar-refractivity contribution is -0.150. The third kappa shape index (κ3) is 5.37. The first-order valence-corrected chi connectivity index (χ1v) is 10.4. The zero-order chi connectivity index (χ0) is 19.5. The number of carbonyl (C=O) groups is 2. The zero-order valence-electron chi connectivity index (χ0n) is 13.6. The van der Waals surface area contributed by atoms with Crippen molar-refractivity contribution in [1.82, 2.24) is 0 Å². The van der Waals surface area contributed by atoms with Crippen LogP contribution in [-0.2, 0) is 24.2 Å². The summed E-state index contributed by atoms with van der Waals surface area (Å²) in [6, 6.07) is 1.49. The molecule has 0 spiro atoms. The number of nitrogens with one attached hydrogen (secondary N) is 1. The van der Waals surface area contributed by atoms with Crippen molar-refractivity contribution in [2.24, 2.45) is 0 Å². The van der Waals surface area contributed by atoms with E-state index in [0.29, 0.717) is 12.5 Å². The molecule has 6 nitrogen and oxygen atoms in total. The van der Waals surface area contributed by atoms with E-state index in [9.17, 15) is 31.2 Å². The average molecular weight is 411 g/mol. The van der Waals surface area contributed by atoms with Gasteiger partial charge < -0.3 is 10.1 Å². The van der Waals surface area contributed by atoms with Gasteiger partial charge in [-0.25, -0.2) is 21.6 Å². The molecule has 26 heavy (non-hydrogen) atoms. The second kappa shape index (κ2) is 8.30. The van der Waals surface area contributed by atoms with Crippen LogP contribution in [-0.4, -0.2) is 48.9 Å². The molecule has 0 bridgehead atoms. The molecule has 2 rings (SSSR count). The van der Waals surface area contributed by atoms with E-state index in [1.807, 2.05) is 5.32 Å². The van der Waals surface area contributed by atoms with Gasteiger partial charge in [0.2, 0.25) is 0 Å². The van der Waals surface area contributed by atoms with Crippen molar-refractivity contribution < 1.29 is 35.9 Å². The van der Waals surface area contributed by atoms with Gasteiger partial charge in [0.1, 0.15) is 0 Å². The highest BCUT2D eigenvalue weighted by Crippen LogP contribution is 2.24. The number of ether oxygens (including phenoxy) is 1. The number of thioether (sulfide) groups is 1. The number of sulfone groups is 1. The third-order valence-electron chi connectivity index (χ3n) is 3.60. The Hall–Kier alpha value is -1.75. The molecule has 1 N–H and O–H groups in total. The Morgan fingerprint density at radius 3 is 2.62 bits per heavy atom. The van der Waals surface area contributed by atoms with Gasteiger partial charge in [0.05, 0.1) is 22.9 Å². The standard InChI is InChI=1S/C15H16F3NO5S2/c1-8(15(21)19-11-3-2-10(16)13(17)14(11)18)24-12(20)6-25-9-4-5-26(22,23)7-9/h2-3,8-9H,4-7H2,1H3,(H,19,21)/t8-,9-/m1/s1. The van der Waals surface area contributed by atoms with E-state index in [4.69, 9.17) is 4.74 Å². The van der Waals surface area contributed by atoms with E-state index >= 15 is 0 Å². The van der Waals surface area contributed by atoms with Gasteiger partial charge in [-0.3, -0.25) is 9.59 Å². The van der Waals surface area contributed by atoms with E-state index in [0.717, 1.165) is 17.8 Å². The Kier molecular flexibility index (Phi) is 6.56. The summed E-state index contributed by atoms with van der Waals surface area (Å²) in [6.45, 7) is 1.23. The number of hydrogen-bond acceptors (Lipinski definition) is 6. The van der Waals surface area contributed by atoms with Crippen LogP contribution >= 0.6 is 11.8 Å². The molecular formula is C15H16F3NO5S2. The fourth-order valence-corrected chi connectivity index (χ4v) is 5.64. The molecule has 1 saturated heterocycles. The third-order valence-corrected chi connectivity index (χ3v) is 6.85. The minimum Gasteiger partial charge on any atom is -0.452 e. The quantitative estimate of drug-likeness (QED) is 0.568. The van der Waals surface area contributed by atoms with Crippen LogP contribution in [0.2, 0.25) is 0 Å². The van der Waals surface area contributed by atoms with Crippen molar-refractivity contribution in [3.63, 3.8) is 0 Å². The molecule has 1 aliphatic rings. The Balaban J connectivity index is 1.83. The van der Waals surface area contributed by atoms with Gasteiger partial charge in [-0.15, -0.1) is 11.8 Å². The lowest BCUT2D eigenvalue weighted by Gasteiger charge is -2.14. The maximum atomic E-state index is 13.5. The van der Waals surface area contributed by atoms with Crippen LogP contribution in [0.3, 0.4) is 0 Å². The highest BCUT2D eigenvalue weighted by molar-refractivity contribution is 8.02. The largest absolute Gasteiger partial charge is 0.452 e. The summed E-state index contributed by atoms with van der Waals surface area (Å²) in [6.07, 6.45) is -0.853. The van der Waals surface area contributed by atoms with Crippen LogP contribution in [0.1, 0.15) is 13.3 Å². The Morgan fingerprint density at radius 1 is 1.31 bits per heavy atom. The van der Waals surface area contributed by atoms with Gasteiger partial charge >= 0.3 is 5.97 Å². The fraction of sp³-hybridized carbons (Fsp3) is 0.467. The number of carbonyl (C=O) groups excluding carboxylic acids is 2. The molecule has 1 aliphatic heterocycles. The summed E-state index contributed by atoms with van der Waals surface area (Å²) >= 11 is 1.12. The minimum atomic E-state index is -3.06. The molecule has 11 heteroatoms. The van der Waals surface area contributed by atoms with Gasteiger partial charge in [-0.1, -0.05) is 0 Å². The summed E-state index contributed by atoms with van der Waals surface area (Å²) < 4.78 is 67.0. The Bertz CT molecular complexity index is 816. The maximum absolute atomic E-state index is 13.5. The number of rotatable bonds is 6. The van der Waals surface area contributed by atoms with Crippen LogP contribution < -0.4 is 5.32 Å². The van der Waals surface area contributed by atoms with Crippen LogP contribution in [0.25, 0.3) is 0 Å². The van der Waals surface area contributed by atoms with E-state index in [2.05, 4.69) is 0 Å². The predicted molar refractivity (Wildman–Crippen MR) is 90.0 cm³/mol. The molecule has 0 aromatic heterocycles. The second-order valence-corrected chi connectivity index (χ2v) is 9.20. The Morgan fingerprint density at radius 2 is 2.00 bits per heavy atom. The zero-order valence-corrected chi connectivity index (χ0v) is 15.3. The van der Waals surface area contributed by atoms with Crippen molar-refractivity contribution in [2.75, 3.05) is 22.6 Å². The summed E-state index contributed by atoms with van der Waals surface area (Å²) in [5.41, 5.74) is -0.581. The van der Waals surface area contributed by atoms with Crippen molar-refractivity contribution >= 4 is 39.2 Å². The van der Waals surface area contributed by atoms with Crippen molar-refractivity contribution in [3.05, 3.63) is 29.6 Å². The lowest BCUT2D eigenvalue weighted by Crippen LogP contribution is -2.31. The smallest absolute Gasteiger partial charge is 0.316 e. The number of amides is 1. The first-order valence-electron chi connectivity index (χ1n) is 7.55. The van der Waals surface area contributed by atoms with E-state index < -0.39 is 51.0 Å². The Labute approximate surface area is 152 Å². The summed E-state index contributed by atoms with van der Waals surface area (Å²) in [7, 11) is -3.06. The van der Waals surface area contributed by atoms with Gasteiger partial charge in [-0.2, -0.15) is 0 Å². The van der Waals surface area contributed by atoms with E-state index in [1.165, 1.54) is 6.92 Å². The average Bonchev–Trinajstić information content (AvgIpc) is 2.92. The first-order chi connectivity index (χ1) is 12.1. The molecule has 1 aromatic rings. The maximum Gasteiger partial charge on any atom is 0.316 e. The van der Waals surface area contributed by atoms with Crippen molar-refractivity contribution in [2.45, 2.75) is 24.7 Å². The van der Waals surface area contributed by atoms with Crippen LogP contribution in [0.5, 0.6) is 0 Å². The van der Waals surface area contributed by atoms with Gasteiger partial charge in [0.15, 0.2) is 33.4 Å². The lowest BCUT2D eigenvalue weighted by atomic mass is 10.2. The number of benzene rings is 1. The first kappa shape index (κ1) is 20.6. The van der Waals surface area contributed by atoms with Gasteiger partial charge in [-0.05, 0) is 25.5 Å². The highest BCUT2D eigenvalue weighted by atomic mass is 32.2. The van der Waals surface area contributed by atoms with Crippen molar-refractivity contribution in [3.8, 4) is 0 Å². The number of hydrogen-bond donors (Lipinski definition) is 1. The molecule has 1 aromatic carbocycles. The fourth-order valence-electron chi connectivity index (χ4n) is 2.22. The molecule has 0 unspecified atom stereocenters. The molecule has 1 fully saturated rings. The molecule has 1 heterocycles. The molecule has 1 amide bonds. The molecule has 144 valence electrons. The number of anilines is 1. The molecule has 2 atom stereocenters. The molecule has 0 radical (unpaired) electrons. The minimum absolute atomic E-state index is 0.00358. The van der Waals surface area contributed by atoms with Gasteiger partial charge in [0.25, 0.3) is 5.91 Å². The van der Waals surface area contributed by atoms with E-state index in [1.54, 1.807) is 0 Å². The topological polar surface area (TPSA) is 89.5 Å². The summed E-state index contributed by atoms with van der Waals surface area (Å²) in [5.74, 6) is -6.41. The van der Waals surface area contributed by atoms with Gasteiger partial charge in [0, 0.05) is 5.25 Å². The van der Waals surface area contributed by atoms with Crippen molar-refractivity contribution in [1.29, 1.82) is 0 Å². The van der Waals surface area contributed by atoms with E-state index in [-0.39, 0.29) is 22.5 Å². The predicted octanol–water partition coefficient (Wildman–Crippen LogP) is 1.89. The SMILES string of the molecule is C[C@@H](OC(=O)CS[C@@H]1CCS(=O)(=O)C1)C(=O)Nc1ccc(F)c(F)c1F. The molecular weight excluding hydrogens is 395 g/mol.